The SMILES string of the molecule is O=C(NC1(c2ccc(OC(F)(F)F)cc2Cl)CCOc2cccnc21)c1ccc(=O)[nH]c1. The lowest BCUT2D eigenvalue weighted by atomic mass is 9.81. The molecule has 11 heteroatoms. The Balaban J connectivity index is 1.82. The van der Waals surface area contributed by atoms with Crippen molar-refractivity contribution in [3.05, 3.63) is 87.1 Å². The van der Waals surface area contributed by atoms with Crippen molar-refractivity contribution in [2.24, 2.45) is 0 Å². The fourth-order valence-corrected chi connectivity index (χ4v) is 3.90. The minimum absolute atomic E-state index is 0.0629. The molecule has 2 aromatic heterocycles. The summed E-state index contributed by atoms with van der Waals surface area (Å²) in [6, 6.07) is 9.35. The summed E-state index contributed by atoms with van der Waals surface area (Å²) in [6.45, 7) is 0.182. The number of rotatable bonds is 4. The number of H-pyrrole nitrogens is 1. The molecule has 0 radical (unpaired) electrons. The molecule has 32 heavy (non-hydrogen) atoms. The summed E-state index contributed by atoms with van der Waals surface area (Å²) in [4.78, 5) is 31.2. The number of amides is 1. The van der Waals surface area contributed by atoms with Gasteiger partial charge in [0.15, 0.2) is 0 Å². The van der Waals surface area contributed by atoms with E-state index < -0.39 is 23.6 Å². The van der Waals surface area contributed by atoms with Crippen molar-refractivity contribution in [1.29, 1.82) is 0 Å². The number of hydrogen-bond acceptors (Lipinski definition) is 5. The Morgan fingerprint density at radius 2 is 2.06 bits per heavy atom. The molecule has 3 aromatic rings. The van der Waals surface area contributed by atoms with Crippen molar-refractivity contribution in [3.63, 3.8) is 0 Å². The Labute approximate surface area is 184 Å². The van der Waals surface area contributed by atoms with Crippen molar-refractivity contribution >= 4 is 17.5 Å². The highest BCUT2D eigenvalue weighted by Gasteiger charge is 2.44. The monoisotopic (exact) mass is 465 g/mol. The second-order valence-corrected chi connectivity index (χ2v) is 7.35. The van der Waals surface area contributed by atoms with Gasteiger partial charge in [-0.3, -0.25) is 14.6 Å². The number of pyridine rings is 2. The van der Waals surface area contributed by atoms with E-state index in [-0.39, 0.29) is 29.2 Å². The van der Waals surface area contributed by atoms with Gasteiger partial charge in [-0.1, -0.05) is 17.7 Å². The Bertz CT molecular complexity index is 1210. The van der Waals surface area contributed by atoms with Crippen LogP contribution < -0.4 is 20.3 Å². The van der Waals surface area contributed by atoms with E-state index in [1.807, 2.05) is 0 Å². The maximum Gasteiger partial charge on any atom is 0.573 e. The summed E-state index contributed by atoms with van der Waals surface area (Å²) in [5, 5.41) is 2.84. The highest BCUT2D eigenvalue weighted by molar-refractivity contribution is 6.31. The fourth-order valence-electron chi connectivity index (χ4n) is 3.57. The van der Waals surface area contributed by atoms with Crippen LogP contribution in [0.3, 0.4) is 0 Å². The van der Waals surface area contributed by atoms with Crippen LogP contribution in [0.5, 0.6) is 11.5 Å². The zero-order valence-electron chi connectivity index (χ0n) is 16.2. The third-order valence-electron chi connectivity index (χ3n) is 4.92. The van der Waals surface area contributed by atoms with E-state index in [4.69, 9.17) is 16.3 Å². The first-order valence-corrected chi connectivity index (χ1v) is 9.71. The molecule has 0 bridgehead atoms. The summed E-state index contributed by atoms with van der Waals surface area (Å²) >= 11 is 6.38. The number of carbonyl (C=O) groups excluding carboxylic acids is 1. The van der Waals surface area contributed by atoms with Crippen LogP contribution in [-0.2, 0) is 5.54 Å². The zero-order valence-corrected chi connectivity index (χ0v) is 17.0. The van der Waals surface area contributed by atoms with Gasteiger partial charge in [0.2, 0.25) is 5.56 Å². The molecule has 0 aliphatic carbocycles. The number of hydrogen-bond donors (Lipinski definition) is 2. The Morgan fingerprint density at radius 3 is 2.75 bits per heavy atom. The molecule has 7 nitrogen and oxygen atoms in total. The average Bonchev–Trinajstić information content (AvgIpc) is 2.73. The van der Waals surface area contributed by atoms with Crippen molar-refractivity contribution in [2.75, 3.05) is 6.61 Å². The number of benzene rings is 1. The van der Waals surface area contributed by atoms with Gasteiger partial charge in [-0.15, -0.1) is 13.2 Å². The summed E-state index contributed by atoms with van der Waals surface area (Å²) in [5.74, 6) is -0.652. The number of ether oxygens (including phenoxy) is 2. The first-order chi connectivity index (χ1) is 15.2. The normalized spacial score (nSPS) is 17.8. The van der Waals surface area contributed by atoms with E-state index in [0.717, 1.165) is 12.1 Å². The molecule has 166 valence electrons. The van der Waals surface area contributed by atoms with E-state index in [1.165, 1.54) is 30.6 Å². The van der Waals surface area contributed by atoms with Crippen LogP contribution in [0.4, 0.5) is 13.2 Å². The molecular weight excluding hydrogens is 451 g/mol. The number of halogens is 4. The number of fused-ring (bicyclic) bond motifs is 1. The molecule has 1 aliphatic heterocycles. The van der Waals surface area contributed by atoms with E-state index in [2.05, 4.69) is 20.0 Å². The van der Waals surface area contributed by atoms with Gasteiger partial charge in [-0.2, -0.15) is 0 Å². The molecular formula is C21H15ClF3N3O4. The predicted molar refractivity (Wildman–Crippen MR) is 108 cm³/mol. The fraction of sp³-hybridized carbons (Fsp3) is 0.190. The zero-order chi connectivity index (χ0) is 22.9. The van der Waals surface area contributed by atoms with Gasteiger partial charge in [0.1, 0.15) is 22.7 Å². The molecule has 1 aliphatic rings. The van der Waals surface area contributed by atoms with Crippen LogP contribution in [0.25, 0.3) is 0 Å². The molecule has 3 heterocycles. The van der Waals surface area contributed by atoms with Gasteiger partial charge in [0.25, 0.3) is 5.91 Å². The highest BCUT2D eigenvalue weighted by Crippen LogP contribution is 2.44. The predicted octanol–water partition coefficient (Wildman–Crippen LogP) is 3.78. The Morgan fingerprint density at radius 1 is 1.25 bits per heavy atom. The van der Waals surface area contributed by atoms with Gasteiger partial charge in [-0.05, 0) is 30.3 Å². The van der Waals surface area contributed by atoms with Crippen molar-refractivity contribution in [1.82, 2.24) is 15.3 Å². The summed E-state index contributed by atoms with van der Waals surface area (Å²) in [6.07, 6.45) is -1.92. The maximum atomic E-state index is 13.1. The van der Waals surface area contributed by atoms with Crippen LogP contribution in [-0.4, -0.2) is 28.8 Å². The highest BCUT2D eigenvalue weighted by atomic mass is 35.5. The standard InChI is InChI=1S/C21H15ClF3N3O4/c22-15-10-13(32-21(23,24)25)4-5-14(15)20(7-9-31-16-2-1-8-26-18(16)20)28-19(30)12-3-6-17(29)27-11-12/h1-6,8,10-11H,7,9H2,(H,27,29)(H,28,30). The van der Waals surface area contributed by atoms with Gasteiger partial charge in [0, 0.05) is 30.4 Å². The first kappa shape index (κ1) is 21.7. The quantitative estimate of drug-likeness (QED) is 0.611. The van der Waals surface area contributed by atoms with Gasteiger partial charge >= 0.3 is 6.36 Å². The van der Waals surface area contributed by atoms with Crippen LogP contribution in [0.1, 0.15) is 28.0 Å². The number of nitrogens with one attached hydrogen (secondary N) is 2. The molecule has 2 N–H and O–H groups in total. The van der Waals surface area contributed by atoms with Crippen LogP contribution in [0.15, 0.2) is 59.7 Å². The van der Waals surface area contributed by atoms with Gasteiger partial charge < -0.3 is 19.8 Å². The van der Waals surface area contributed by atoms with E-state index in [1.54, 1.807) is 12.1 Å². The number of aromatic nitrogens is 2. The lowest BCUT2D eigenvalue weighted by Gasteiger charge is -2.39. The first-order valence-electron chi connectivity index (χ1n) is 9.33. The average molecular weight is 466 g/mol. The molecule has 0 fully saturated rings. The Kier molecular flexibility index (Phi) is 5.55. The summed E-state index contributed by atoms with van der Waals surface area (Å²) in [5.41, 5.74) is -0.862. The minimum atomic E-state index is -4.88. The van der Waals surface area contributed by atoms with Gasteiger partial charge in [0.05, 0.1) is 17.2 Å². The Hall–Kier alpha value is -3.53. The van der Waals surface area contributed by atoms with Crippen molar-refractivity contribution in [3.8, 4) is 11.5 Å². The van der Waals surface area contributed by atoms with Crippen LogP contribution in [0, 0.1) is 0 Å². The molecule has 1 amide bonds. The van der Waals surface area contributed by atoms with E-state index in [9.17, 15) is 22.8 Å². The number of nitrogens with zero attached hydrogens (tertiary/aromatic N) is 1. The lowest BCUT2D eigenvalue weighted by Crippen LogP contribution is -2.50. The molecule has 0 saturated carbocycles. The van der Waals surface area contributed by atoms with Gasteiger partial charge in [-0.25, -0.2) is 0 Å². The van der Waals surface area contributed by atoms with E-state index >= 15 is 0 Å². The second-order valence-electron chi connectivity index (χ2n) is 6.94. The summed E-state index contributed by atoms with van der Waals surface area (Å²) < 4.78 is 47.4. The third-order valence-corrected chi connectivity index (χ3v) is 5.23. The number of aromatic amines is 1. The maximum absolute atomic E-state index is 13.1. The molecule has 4 rings (SSSR count). The number of carbonyl (C=O) groups is 1. The second kappa shape index (κ2) is 8.19. The summed E-state index contributed by atoms with van der Waals surface area (Å²) in [7, 11) is 0. The molecule has 1 unspecified atom stereocenters. The third kappa shape index (κ3) is 4.26. The lowest BCUT2D eigenvalue weighted by molar-refractivity contribution is -0.274. The number of alkyl halides is 3. The van der Waals surface area contributed by atoms with E-state index in [0.29, 0.717) is 17.0 Å². The largest absolute Gasteiger partial charge is 0.573 e. The minimum Gasteiger partial charge on any atom is -0.491 e. The van der Waals surface area contributed by atoms with Crippen molar-refractivity contribution < 1.29 is 27.4 Å². The molecule has 0 spiro atoms. The van der Waals surface area contributed by atoms with Crippen molar-refractivity contribution in [2.45, 2.75) is 18.3 Å². The van der Waals surface area contributed by atoms with Crippen LogP contribution >= 0.6 is 11.6 Å². The smallest absolute Gasteiger partial charge is 0.491 e. The molecule has 1 aromatic carbocycles. The van der Waals surface area contributed by atoms with Crippen LogP contribution in [0.2, 0.25) is 5.02 Å². The molecule has 1 atom stereocenters. The topological polar surface area (TPSA) is 93.3 Å². The molecule has 0 saturated heterocycles.